The summed E-state index contributed by atoms with van der Waals surface area (Å²) >= 11 is 6.10. The monoisotopic (exact) mass is 309 g/mol. The third-order valence-corrected chi connectivity index (χ3v) is 4.84. The topological polar surface area (TPSA) is 29.5 Å². The lowest BCUT2D eigenvalue weighted by Gasteiger charge is -2.40. The van der Waals surface area contributed by atoms with Gasteiger partial charge in [-0.1, -0.05) is 25.4 Å². The van der Waals surface area contributed by atoms with Gasteiger partial charge in [-0.25, -0.2) is 0 Å². The Morgan fingerprint density at radius 2 is 2.10 bits per heavy atom. The Kier molecular flexibility index (Phi) is 5.28. The summed E-state index contributed by atoms with van der Waals surface area (Å²) in [5.74, 6) is 1.99. The number of carbonyl (C=O) groups is 1. The first kappa shape index (κ1) is 16.3. The number of rotatable bonds is 4. The lowest BCUT2D eigenvalue weighted by molar-refractivity contribution is 0.0650. The molecule has 0 aromatic heterocycles. The highest BCUT2D eigenvalue weighted by molar-refractivity contribution is 6.32. The van der Waals surface area contributed by atoms with Gasteiger partial charge < -0.3 is 4.74 Å². The summed E-state index contributed by atoms with van der Waals surface area (Å²) in [4.78, 5) is 14.8. The average molecular weight is 310 g/mol. The summed E-state index contributed by atoms with van der Waals surface area (Å²) in [5, 5.41) is 0.483. The average Bonchev–Trinajstić information content (AvgIpc) is 2.44. The minimum Gasteiger partial charge on any atom is -0.495 e. The smallest absolute Gasteiger partial charge is 0.176 e. The summed E-state index contributed by atoms with van der Waals surface area (Å²) in [6.45, 7) is 8.18. The fourth-order valence-electron chi connectivity index (χ4n) is 3.16. The van der Waals surface area contributed by atoms with Crippen LogP contribution in [0.25, 0.3) is 0 Å². The second-order valence-electron chi connectivity index (χ2n) is 6.26. The minimum absolute atomic E-state index is 0.118. The number of piperidine rings is 1. The Morgan fingerprint density at radius 3 is 2.71 bits per heavy atom. The first-order valence-corrected chi connectivity index (χ1v) is 7.91. The summed E-state index contributed by atoms with van der Waals surface area (Å²) in [6, 6.07) is 5.68. The summed E-state index contributed by atoms with van der Waals surface area (Å²) in [7, 11) is 1.57. The molecule has 116 valence electrons. The van der Waals surface area contributed by atoms with Gasteiger partial charge in [0.05, 0.1) is 18.7 Å². The lowest BCUT2D eigenvalue weighted by Crippen LogP contribution is -2.47. The van der Waals surface area contributed by atoms with Gasteiger partial charge in [0.1, 0.15) is 5.75 Å². The van der Waals surface area contributed by atoms with Crippen molar-refractivity contribution >= 4 is 17.4 Å². The first-order valence-electron chi connectivity index (χ1n) is 7.53. The molecule has 21 heavy (non-hydrogen) atoms. The van der Waals surface area contributed by atoms with E-state index in [4.69, 9.17) is 16.3 Å². The highest BCUT2D eigenvalue weighted by Crippen LogP contribution is 2.28. The van der Waals surface area contributed by atoms with Crippen LogP contribution in [-0.2, 0) is 0 Å². The molecular formula is C17H24ClNO2. The predicted molar refractivity (Wildman–Crippen MR) is 86.3 cm³/mol. The number of methoxy groups -OCH3 is 1. The Balaban J connectivity index is 2.08. The van der Waals surface area contributed by atoms with Crippen LogP contribution < -0.4 is 4.74 Å². The number of ether oxygens (including phenoxy) is 1. The van der Waals surface area contributed by atoms with Gasteiger partial charge >= 0.3 is 0 Å². The van der Waals surface area contributed by atoms with Crippen LogP contribution in [0.2, 0.25) is 5.02 Å². The molecule has 0 spiro atoms. The van der Waals surface area contributed by atoms with Crippen LogP contribution in [0.1, 0.15) is 37.6 Å². The molecule has 1 aliphatic rings. The fourth-order valence-corrected chi connectivity index (χ4v) is 3.41. The van der Waals surface area contributed by atoms with Crippen molar-refractivity contribution in [2.75, 3.05) is 20.2 Å². The van der Waals surface area contributed by atoms with Gasteiger partial charge in [0, 0.05) is 18.2 Å². The van der Waals surface area contributed by atoms with Crippen molar-refractivity contribution in [2.45, 2.75) is 33.2 Å². The molecule has 0 aliphatic carbocycles. The van der Waals surface area contributed by atoms with Gasteiger partial charge in [-0.05, 0) is 43.4 Å². The molecule has 3 nitrogen and oxygen atoms in total. The van der Waals surface area contributed by atoms with Crippen LogP contribution >= 0.6 is 11.6 Å². The first-order chi connectivity index (χ1) is 9.92. The van der Waals surface area contributed by atoms with Gasteiger partial charge in [-0.15, -0.1) is 0 Å². The molecule has 0 saturated carbocycles. The maximum absolute atomic E-state index is 12.5. The van der Waals surface area contributed by atoms with E-state index in [0.29, 0.717) is 40.8 Å². The normalized spacial score (nSPS) is 26.6. The van der Waals surface area contributed by atoms with Crippen molar-refractivity contribution in [3.05, 3.63) is 28.8 Å². The molecule has 1 saturated heterocycles. The van der Waals surface area contributed by atoms with E-state index in [1.54, 1.807) is 25.3 Å². The van der Waals surface area contributed by atoms with Crippen LogP contribution in [0, 0.1) is 11.8 Å². The van der Waals surface area contributed by atoms with Crippen LogP contribution in [0.15, 0.2) is 18.2 Å². The summed E-state index contributed by atoms with van der Waals surface area (Å²) in [6.07, 6.45) is 1.24. The SMILES string of the molecule is COc1ccc(C(=O)CN2CC(C)CC(C)C2C)cc1Cl. The molecule has 4 heteroatoms. The van der Waals surface area contributed by atoms with E-state index in [0.717, 1.165) is 6.54 Å². The highest BCUT2D eigenvalue weighted by Gasteiger charge is 2.30. The number of hydrogen-bond donors (Lipinski definition) is 0. The Morgan fingerprint density at radius 1 is 1.38 bits per heavy atom. The van der Waals surface area contributed by atoms with Crippen molar-refractivity contribution < 1.29 is 9.53 Å². The minimum atomic E-state index is 0.118. The Hall–Kier alpha value is -1.06. The largest absolute Gasteiger partial charge is 0.495 e. The van der Waals surface area contributed by atoms with Crippen molar-refractivity contribution in [1.29, 1.82) is 0 Å². The Bertz CT molecular complexity index is 518. The molecule has 1 aromatic rings. The Labute approximate surface area is 132 Å². The van der Waals surface area contributed by atoms with Gasteiger partial charge in [-0.2, -0.15) is 0 Å². The number of hydrogen-bond acceptors (Lipinski definition) is 3. The van der Waals surface area contributed by atoms with E-state index in [9.17, 15) is 4.79 Å². The highest BCUT2D eigenvalue weighted by atomic mass is 35.5. The van der Waals surface area contributed by atoms with Gasteiger partial charge in [0.15, 0.2) is 5.78 Å². The second kappa shape index (κ2) is 6.80. The van der Waals surface area contributed by atoms with E-state index in [1.165, 1.54) is 6.42 Å². The van der Waals surface area contributed by atoms with Crippen LogP contribution in [0.4, 0.5) is 0 Å². The molecule has 0 bridgehead atoms. The second-order valence-corrected chi connectivity index (χ2v) is 6.67. The standard InChI is InChI=1S/C17H24ClNO2/c1-11-7-12(2)13(3)19(9-11)10-16(20)14-5-6-17(21-4)15(18)8-14/h5-6,8,11-13H,7,9-10H2,1-4H3. The number of halogens is 1. The molecule has 1 heterocycles. The van der Waals surface area contributed by atoms with Crippen molar-refractivity contribution in [3.8, 4) is 5.75 Å². The number of carbonyl (C=O) groups excluding carboxylic acids is 1. The molecule has 3 atom stereocenters. The predicted octanol–water partition coefficient (Wildman–Crippen LogP) is 3.90. The molecule has 3 unspecified atom stereocenters. The van der Waals surface area contributed by atoms with Crippen molar-refractivity contribution in [3.63, 3.8) is 0 Å². The number of benzene rings is 1. The van der Waals surface area contributed by atoms with Gasteiger partial charge in [0.2, 0.25) is 0 Å². The number of nitrogens with zero attached hydrogens (tertiary/aromatic N) is 1. The molecule has 1 aliphatic heterocycles. The van der Waals surface area contributed by atoms with Crippen LogP contribution in [-0.4, -0.2) is 36.9 Å². The van der Waals surface area contributed by atoms with Gasteiger partial charge in [0.25, 0.3) is 0 Å². The molecule has 0 amide bonds. The summed E-state index contributed by atoms with van der Waals surface area (Å²) < 4.78 is 5.12. The fraction of sp³-hybridized carbons (Fsp3) is 0.588. The molecule has 1 fully saturated rings. The zero-order chi connectivity index (χ0) is 15.6. The van der Waals surface area contributed by atoms with Gasteiger partial charge in [-0.3, -0.25) is 9.69 Å². The third-order valence-electron chi connectivity index (χ3n) is 4.54. The zero-order valence-electron chi connectivity index (χ0n) is 13.2. The number of ketones is 1. The van der Waals surface area contributed by atoms with Crippen molar-refractivity contribution in [2.24, 2.45) is 11.8 Å². The van der Waals surface area contributed by atoms with Crippen molar-refractivity contribution in [1.82, 2.24) is 4.90 Å². The van der Waals surface area contributed by atoms with E-state index in [2.05, 4.69) is 25.7 Å². The van der Waals surface area contributed by atoms with E-state index < -0.39 is 0 Å². The maximum atomic E-state index is 12.5. The molecule has 0 radical (unpaired) electrons. The number of Topliss-reactive ketones (excluding diaryl/α,β-unsaturated/α-hetero) is 1. The van der Waals surface area contributed by atoms with Crippen LogP contribution in [0.3, 0.4) is 0 Å². The third kappa shape index (κ3) is 3.78. The molecule has 0 N–H and O–H groups in total. The van der Waals surface area contributed by atoms with Crippen LogP contribution in [0.5, 0.6) is 5.75 Å². The van der Waals surface area contributed by atoms with E-state index in [-0.39, 0.29) is 5.78 Å². The summed E-state index contributed by atoms with van der Waals surface area (Å²) in [5.41, 5.74) is 0.652. The quantitative estimate of drug-likeness (QED) is 0.790. The molecular weight excluding hydrogens is 286 g/mol. The maximum Gasteiger partial charge on any atom is 0.176 e. The van der Waals surface area contributed by atoms with E-state index in [1.807, 2.05) is 0 Å². The molecule has 2 rings (SSSR count). The molecule has 1 aromatic carbocycles. The van der Waals surface area contributed by atoms with E-state index >= 15 is 0 Å². The number of likely N-dealkylation sites (tertiary alicyclic amines) is 1. The zero-order valence-corrected chi connectivity index (χ0v) is 14.0. The lowest BCUT2D eigenvalue weighted by atomic mass is 9.86.